The fourth-order valence-corrected chi connectivity index (χ4v) is 2.68. The number of hydrogen-bond donors (Lipinski definition) is 2. The van der Waals surface area contributed by atoms with Crippen molar-refractivity contribution in [2.24, 2.45) is 0 Å². The fourth-order valence-electron chi connectivity index (χ4n) is 2.68. The summed E-state index contributed by atoms with van der Waals surface area (Å²) < 4.78 is 14.3. The zero-order valence-electron chi connectivity index (χ0n) is 11.9. The normalized spacial score (nSPS) is 20.6. The Labute approximate surface area is 118 Å². The Kier molecular flexibility index (Phi) is 4.60. The molecule has 1 aliphatic heterocycles. The second-order valence-corrected chi connectivity index (χ2v) is 5.21. The Morgan fingerprint density at radius 2 is 2.25 bits per heavy atom. The Balaban J connectivity index is 2.30. The van der Waals surface area contributed by atoms with Crippen LogP contribution in [-0.2, 0) is 4.79 Å². The number of piperidine rings is 1. The average Bonchev–Trinajstić information content (AvgIpc) is 2.46. The van der Waals surface area contributed by atoms with Crippen LogP contribution in [0.4, 0.5) is 10.1 Å². The molecule has 1 aromatic carbocycles. The predicted molar refractivity (Wildman–Crippen MR) is 76.1 cm³/mol. The fraction of sp³-hybridized carbons (Fsp3) is 0.533. The summed E-state index contributed by atoms with van der Waals surface area (Å²) in [6, 6.07) is 4.38. The lowest BCUT2D eigenvalue weighted by Crippen LogP contribution is -2.49. The van der Waals surface area contributed by atoms with Crippen molar-refractivity contribution in [1.29, 1.82) is 0 Å². The third-order valence-electron chi connectivity index (χ3n) is 3.82. The number of likely N-dealkylation sites (N-methyl/N-ethyl adjacent to an activating group) is 1. The molecule has 4 nitrogen and oxygen atoms in total. The third-order valence-corrected chi connectivity index (χ3v) is 3.82. The van der Waals surface area contributed by atoms with Crippen LogP contribution >= 0.6 is 0 Å². The van der Waals surface area contributed by atoms with Crippen molar-refractivity contribution in [2.45, 2.75) is 38.3 Å². The van der Waals surface area contributed by atoms with E-state index in [1.807, 2.05) is 4.90 Å². The number of nitrogens with zero attached hydrogens (tertiary/aromatic N) is 1. The molecule has 0 bridgehead atoms. The monoisotopic (exact) mass is 280 g/mol. The van der Waals surface area contributed by atoms with E-state index in [1.165, 1.54) is 6.07 Å². The lowest BCUT2D eigenvalue weighted by atomic mass is 9.99. The van der Waals surface area contributed by atoms with E-state index in [1.54, 1.807) is 26.1 Å². The molecular formula is C15H21FN2O2. The third kappa shape index (κ3) is 2.93. The number of benzene rings is 1. The molecule has 0 saturated carbocycles. The summed E-state index contributed by atoms with van der Waals surface area (Å²) in [5.74, 6) is -0.470. The number of aliphatic hydroxyl groups is 1. The number of halogens is 1. The SMILES string of the molecule is CNC(=O)C1CCCCN1c1ccc(C(C)O)cc1F. The van der Waals surface area contributed by atoms with Gasteiger partial charge in [-0.25, -0.2) is 4.39 Å². The summed E-state index contributed by atoms with van der Waals surface area (Å²) in [5, 5.41) is 12.1. The number of rotatable bonds is 3. The van der Waals surface area contributed by atoms with Crippen LogP contribution in [0.15, 0.2) is 18.2 Å². The summed E-state index contributed by atoms with van der Waals surface area (Å²) in [5.41, 5.74) is 0.974. The first-order valence-corrected chi connectivity index (χ1v) is 7.00. The Morgan fingerprint density at radius 1 is 1.50 bits per heavy atom. The summed E-state index contributed by atoms with van der Waals surface area (Å²) in [7, 11) is 1.60. The molecule has 0 radical (unpaired) electrons. The highest BCUT2D eigenvalue weighted by Gasteiger charge is 2.29. The molecule has 2 unspecified atom stereocenters. The first kappa shape index (κ1) is 14.8. The maximum atomic E-state index is 14.3. The minimum Gasteiger partial charge on any atom is -0.389 e. The van der Waals surface area contributed by atoms with Crippen LogP contribution in [0, 0.1) is 5.82 Å². The van der Waals surface area contributed by atoms with Crippen molar-refractivity contribution in [3.05, 3.63) is 29.6 Å². The highest BCUT2D eigenvalue weighted by Crippen LogP contribution is 2.29. The molecule has 1 aromatic rings. The Morgan fingerprint density at radius 3 is 2.85 bits per heavy atom. The van der Waals surface area contributed by atoms with Crippen molar-refractivity contribution in [2.75, 3.05) is 18.5 Å². The van der Waals surface area contributed by atoms with Gasteiger partial charge in [0.2, 0.25) is 5.91 Å². The molecule has 0 aliphatic carbocycles. The second kappa shape index (κ2) is 6.22. The van der Waals surface area contributed by atoms with Gasteiger partial charge in [0.15, 0.2) is 0 Å². The van der Waals surface area contributed by atoms with E-state index >= 15 is 0 Å². The van der Waals surface area contributed by atoms with Crippen LogP contribution in [0.1, 0.15) is 37.9 Å². The van der Waals surface area contributed by atoms with Gasteiger partial charge in [0.05, 0.1) is 11.8 Å². The molecule has 1 saturated heterocycles. The topological polar surface area (TPSA) is 52.6 Å². The van der Waals surface area contributed by atoms with Gasteiger partial charge in [0, 0.05) is 13.6 Å². The highest BCUT2D eigenvalue weighted by atomic mass is 19.1. The van der Waals surface area contributed by atoms with Gasteiger partial charge in [0.1, 0.15) is 11.9 Å². The smallest absolute Gasteiger partial charge is 0.242 e. The molecule has 110 valence electrons. The number of amides is 1. The first-order chi connectivity index (χ1) is 9.54. The zero-order chi connectivity index (χ0) is 14.7. The molecule has 1 heterocycles. The molecular weight excluding hydrogens is 259 g/mol. The molecule has 1 fully saturated rings. The molecule has 5 heteroatoms. The van der Waals surface area contributed by atoms with Gasteiger partial charge >= 0.3 is 0 Å². The summed E-state index contributed by atoms with van der Waals surface area (Å²) in [6.45, 7) is 2.27. The van der Waals surface area contributed by atoms with E-state index in [9.17, 15) is 14.3 Å². The van der Waals surface area contributed by atoms with Crippen LogP contribution in [0.3, 0.4) is 0 Å². The molecule has 0 spiro atoms. The van der Waals surface area contributed by atoms with Crippen molar-refractivity contribution >= 4 is 11.6 Å². The second-order valence-electron chi connectivity index (χ2n) is 5.21. The Hall–Kier alpha value is -1.62. The number of carbonyl (C=O) groups is 1. The lowest BCUT2D eigenvalue weighted by Gasteiger charge is -2.36. The molecule has 1 amide bonds. The molecule has 20 heavy (non-hydrogen) atoms. The van der Waals surface area contributed by atoms with Gasteiger partial charge in [-0.3, -0.25) is 4.79 Å². The average molecular weight is 280 g/mol. The van der Waals surface area contributed by atoms with E-state index in [4.69, 9.17) is 0 Å². The van der Waals surface area contributed by atoms with Gasteiger partial charge in [0.25, 0.3) is 0 Å². The van der Waals surface area contributed by atoms with Crippen molar-refractivity contribution < 1.29 is 14.3 Å². The Bertz CT molecular complexity index is 491. The van der Waals surface area contributed by atoms with Gasteiger partial charge < -0.3 is 15.3 Å². The molecule has 2 N–H and O–H groups in total. The maximum Gasteiger partial charge on any atom is 0.242 e. The van der Waals surface area contributed by atoms with E-state index in [0.717, 1.165) is 19.3 Å². The lowest BCUT2D eigenvalue weighted by molar-refractivity contribution is -0.122. The van der Waals surface area contributed by atoms with Crippen LogP contribution < -0.4 is 10.2 Å². The van der Waals surface area contributed by atoms with Crippen LogP contribution in [-0.4, -0.2) is 30.6 Å². The van der Waals surface area contributed by atoms with E-state index in [0.29, 0.717) is 17.8 Å². The maximum absolute atomic E-state index is 14.3. The summed E-state index contributed by atoms with van der Waals surface area (Å²) in [6.07, 6.45) is 1.96. The number of hydrogen-bond acceptors (Lipinski definition) is 3. The van der Waals surface area contributed by atoms with Crippen molar-refractivity contribution in [3.63, 3.8) is 0 Å². The molecule has 2 rings (SSSR count). The standard InChI is InChI=1S/C15H21FN2O2/c1-10(19)11-6-7-13(12(16)9-11)18-8-4-3-5-14(18)15(20)17-2/h6-7,9-10,14,19H,3-5,8H2,1-2H3,(H,17,20). The molecule has 0 aromatic heterocycles. The van der Waals surface area contributed by atoms with Crippen LogP contribution in [0.2, 0.25) is 0 Å². The number of anilines is 1. The first-order valence-electron chi connectivity index (χ1n) is 7.00. The summed E-state index contributed by atoms with van der Waals surface area (Å²) in [4.78, 5) is 13.7. The number of carbonyl (C=O) groups excluding carboxylic acids is 1. The van der Waals surface area contributed by atoms with Gasteiger partial charge in [-0.1, -0.05) is 6.07 Å². The zero-order valence-corrected chi connectivity index (χ0v) is 11.9. The van der Waals surface area contributed by atoms with Crippen LogP contribution in [0.25, 0.3) is 0 Å². The van der Waals surface area contributed by atoms with Crippen LogP contribution in [0.5, 0.6) is 0 Å². The largest absolute Gasteiger partial charge is 0.389 e. The quantitative estimate of drug-likeness (QED) is 0.890. The van der Waals surface area contributed by atoms with Gasteiger partial charge in [-0.15, -0.1) is 0 Å². The number of nitrogens with one attached hydrogen (secondary N) is 1. The predicted octanol–water partition coefficient (Wildman–Crippen LogP) is 1.98. The van der Waals surface area contributed by atoms with Gasteiger partial charge in [-0.2, -0.15) is 0 Å². The summed E-state index contributed by atoms with van der Waals surface area (Å²) >= 11 is 0. The van der Waals surface area contributed by atoms with E-state index < -0.39 is 6.10 Å². The van der Waals surface area contributed by atoms with Crippen molar-refractivity contribution in [1.82, 2.24) is 5.32 Å². The minimum atomic E-state index is -0.699. The molecule has 1 aliphatic rings. The van der Waals surface area contributed by atoms with Gasteiger partial charge in [-0.05, 0) is 43.9 Å². The minimum absolute atomic E-state index is 0.0799. The highest BCUT2D eigenvalue weighted by molar-refractivity contribution is 5.85. The number of aliphatic hydroxyl groups excluding tert-OH is 1. The van der Waals surface area contributed by atoms with E-state index in [2.05, 4.69) is 5.32 Å². The molecule has 2 atom stereocenters. The van der Waals surface area contributed by atoms with Crippen molar-refractivity contribution in [3.8, 4) is 0 Å². The van der Waals surface area contributed by atoms with E-state index in [-0.39, 0.29) is 17.8 Å².